The molecule has 4 nitrogen and oxygen atoms in total. The second-order valence-corrected chi connectivity index (χ2v) is 7.71. The molecule has 146 valence electrons. The predicted molar refractivity (Wildman–Crippen MR) is 111 cm³/mol. The molecule has 0 saturated carbocycles. The molecule has 0 amide bonds. The zero-order valence-corrected chi connectivity index (χ0v) is 17.1. The van der Waals surface area contributed by atoms with Crippen LogP contribution in [0.3, 0.4) is 0 Å². The molecule has 2 aromatic carbocycles. The summed E-state index contributed by atoms with van der Waals surface area (Å²) in [4.78, 5) is 24.2. The number of carbonyl (C=O) groups is 1. The molecule has 4 heteroatoms. The molecule has 0 unspecified atom stereocenters. The van der Waals surface area contributed by atoms with Crippen LogP contribution in [0.4, 0.5) is 0 Å². The maximum atomic E-state index is 12.3. The lowest BCUT2D eigenvalue weighted by atomic mass is 9.95. The highest BCUT2D eigenvalue weighted by Gasteiger charge is 2.13. The van der Waals surface area contributed by atoms with E-state index in [1.807, 2.05) is 51.1 Å². The van der Waals surface area contributed by atoms with Gasteiger partial charge in [0, 0.05) is 17.0 Å². The lowest BCUT2D eigenvalue weighted by molar-refractivity contribution is -0.144. The summed E-state index contributed by atoms with van der Waals surface area (Å²) in [6.07, 6.45) is 0.205. The van der Waals surface area contributed by atoms with Crippen LogP contribution in [0.2, 0.25) is 0 Å². The lowest BCUT2D eigenvalue weighted by Gasteiger charge is -2.13. The topological polar surface area (TPSA) is 56.5 Å². The first kappa shape index (κ1) is 19.9. The molecular formula is C24H26O4. The van der Waals surface area contributed by atoms with Crippen molar-refractivity contribution in [2.75, 3.05) is 0 Å². The zero-order chi connectivity index (χ0) is 20.4. The Balaban J connectivity index is 1.83. The van der Waals surface area contributed by atoms with E-state index < -0.39 is 5.63 Å². The number of rotatable bonds is 5. The van der Waals surface area contributed by atoms with Crippen molar-refractivity contribution in [1.29, 1.82) is 0 Å². The number of benzene rings is 2. The van der Waals surface area contributed by atoms with Gasteiger partial charge < -0.3 is 9.15 Å². The van der Waals surface area contributed by atoms with E-state index in [1.54, 1.807) is 0 Å². The van der Waals surface area contributed by atoms with Gasteiger partial charge in [0.05, 0.1) is 6.42 Å². The second kappa shape index (κ2) is 8.01. The van der Waals surface area contributed by atoms with E-state index in [0.717, 1.165) is 22.1 Å². The van der Waals surface area contributed by atoms with Gasteiger partial charge in [0.1, 0.15) is 12.2 Å². The monoisotopic (exact) mass is 378 g/mol. The normalized spacial score (nSPS) is 11.2. The van der Waals surface area contributed by atoms with Crippen molar-refractivity contribution in [1.82, 2.24) is 0 Å². The van der Waals surface area contributed by atoms with Crippen LogP contribution in [0, 0.1) is 20.8 Å². The number of esters is 1. The van der Waals surface area contributed by atoms with Gasteiger partial charge in [-0.2, -0.15) is 0 Å². The first-order valence-corrected chi connectivity index (χ1v) is 9.53. The Bertz CT molecular complexity index is 1090. The molecule has 0 aliphatic carbocycles. The SMILES string of the molecule is Cc1ccc(CC(=O)OCc2cc(=O)oc3cc(C)c(C(C)C)cc23)cc1C. The Morgan fingerprint density at radius 1 is 1.00 bits per heavy atom. The minimum Gasteiger partial charge on any atom is -0.461 e. The van der Waals surface area contributed by atoms with Crippen LogP contribution in [0.15, 0.2) is 45.6 Å². The number of carbonyl (C=O) groups excluding carboxylic acids is 1. The van der Waals surface area contributed by atoms with Gasteiger partial charge in [0.25, 0.3) is 0 Å². The average Bonchev–Trinajstić information content (AvgIpc) is 2.61. The summed E-state index contributed by atoms with van der Waals surface area (Å²) < 4.78 is 10.8. The van der Waals surface area contributed by atoms with Crippen LogP contribution >= 0.6 is 0 Å². The molecule has 0 N–H and O–H groups in total. The standard InChI is InChI=1S/C24H26O4/c1-14(2)20-12-21-19(11-24(26)28-22(21)9-17(20)5)13-27-23(25)10-18-7-6-15(3)16(4)8-18/h6-9,11-12,14H,10,13H2,1-5H3. The van der Waals surface area contributed by atoms with E-state index in [-0.39, 0.29) is 19.0 Å². The summed E-state index contributed by atoms with van der Waals surface area (Å²) in [5.74, 6) is 0.0253. The first-order valence-electron chi connectivity index (χ1n) is 9.53. The molecule has 1 heterocycles. The largest absolute Gasteiger partial charge is 0.461 e. The minimum atomic E-state index is -0.440. The van der Waals surface area contributed by atoms with Crippen molar-refractivity contribution in [2.24, 2.45) is 0 Å². The minimum absolute atomic E-state index is 0.0480. The quantitative estimate of drug-likeness (QED) is 0.456. The molecule has 0 atom stereocenters. The van der Waals surface area contributed by atoms with Gasteiger partial charge in [-0.3, -0.25) is 4.79 Å². The van der Waals surface area contributed by atoms with E-state index in [4.69, 9.17) is 9.15 Å². The molecule has 0 aliphatic rings. The van der Waals surface area contributed by atoms with Crippen molar-refractivity contribution in [2.45, 2.75) is 53.6 Å². The molecule has 3 rings (SSSR count). The molecule has 0 bridgehead atoms. The molecule has 28 heavy (non-hydrogen) atoms. The predicted octanol–water partition coefficient (Wildman–Crippen LogP) is 5.13. The van der Waals surface area contributed by atoms with Gasteiger partial charge in [-0.25, -0.2) is 4.79 Å². The third-order valence-electron chi connectivity index (χ3n) is 5.15. The van der Waals surface area contributed by atoms with Crippen molar-refractivity contribution in [3.63, 3.8) is 0 Å². The fraction of sp³-hybridized carbons (Fsp3) is 0.333. The highest BCUT2D eigenvalue weighted by Crippen LogP contribution is 2.27. The van der Waals surface area contributed by atoms with E-state index in [0.29, 0.717) is 17.1 Å². The van der Waals surface area contributed by atoms with Crippen LogP contribution in [-0.2, 0) is 22.6 Å². The van der Waals surface area contributed by atoms with Crippen LogP contribution in [0.1, 0.15) is 53.1 Å². The first-order chi connectivity index (χ1) is 13.2. The van der Waals surface area contributed by atoms with Crippen LogP contribution in [-0.4, -0.2) is 5.97 Å². The van der Waals surface area contributed by atoms with E-state index in [2.05, 4.69) is 13.8 Å². The number of hydrogen-bond acceptors (Lipinski definition) is 4. The van der Waals surface area contributed by atoms with Crippen LogP contribution < -0.4 is 5.63 Å². The Kier molecular flexibility index (Phi) is 5.68. The van der Waals surface area contributed by atoms with Gasteiger partial charge in [-0.1, -0.05) is 32.0 Å². The number of aryl methyl sites for hydroxylation is 3. The number of fused-ring (bicyclic) bond motifs is 1. The van der Waals surface area contributed by atoms with Crippen molar-refractivity contribution >= 4 is 16.9 Å². The second-order valence-electron chi connectivity index (χ2n) is 7.71. The van der Waals surface area contributed by atoms with Crippen LogP contribution in [0.25, 0.3) is 11.0 Å². The summed E-state index contributed by atoms with van der Waals surface area (Å²) in [6.45, 7) is 10.4. The van der Waals surface area contributed by atoms with Gasteiger partial charge in [-0.15, -0.1) is 0 Å². The molecule has 0 fully saturated rings. The summed E-state index contributed by atoms with van der Waals surface area (Å²) in [7, 11) is 0. The van der Waals surface area contributed by atoms with E-state index >= 15 is 0 Å². The summed E-state index contributed by atoms with van der Waals surface area (Å²) >= 11 is 0. The fourth-order valence-electron chi connectivity index (χ4n) is 3.42. The highest BCUT2D eigenvalue weighted by molar-refractivity contribution is 5.82. The molecular weight excluding hydrogens is 352 g/mol. The van der Waals surface area contributed by atoms with Gasteiger partial charge >= 0.3 is 11.6 Å². The van der Waals surface area contributed by atoms with Crippen molar-refractivity contribution in [3.05, 3.63) is 80.2 Å². The van der Waals surface area contributed by atoms with Crippen molar-refractivity contribution < 1.29 is 13.9 Å². The summed E-state index contributed by atoms with van der Waals surface area (Å²) in [5, 5.41) is 0.813. The third-order valence-corrected chi connectivity index (χ3v) is 5.15. The summed E-state index contributed by atoms with van der Waals surface area (Å²) in [5.41, 5.74) is 6.27. The van der Waals surface area contributed by atoms with E-state index in [1.165, 1.54) is 17.2 Å². The van der Waals surface area contributed by atoms with Crippen LogP contribution in [0.5, 0.6) is 0 Å². The Hall–Kier alpha value is -2.88. The van der Waals surface area contributed by atoms with E-state index in [9.17, 15) is 9.59 Å². The molecule has 3 aromatic rings. The molecule has 1 aromatic heterocycles. The maximum Gasteiger partial charge on any atom is 0.336 e. The molecule has 0 radical (unpaired) electrons. The Morgan fingerprint density at radius 3 is 2.43 bits per heavy atom. The molecule has 0 spiro atoms. The summed E-state index contributed by atoms with van der Waals surface area (Å²) in [6, 6.07) is 11.3. The van der Waals surface area contributed by atoms with Gasteiger partial charge in [0.2, 0.25) is 0 Å². The number of hydrogen-bond donors (Lipinski definition) is 0. The van der Waals surface area contributed by atoms with Gasteiger partial charge in [0.15, 0.2) is 0 Å². The fourth-order valence-corrected chi connectivity index (χ4v) is 3.42. The third kappa shape index (κ3) is 4.33. The molecule has 0 aliphatic heterocycles. The zero-order valence-electron chi connectivity index (χ0n) is 17.1. The smallest absolute Gasteiger partial charge is 0.336 e. The maximum absolute atomic E-state index is 12.3. The Labute approximate surface area is 165 Å². The Morgan fingerprint density at radius 2 is 1.75 bits per heavy atom. The van der Waals surface area contributed by atoms with Gasteiger partial charge in [-0.05, 0) is 66.6 Å². The molecule has 0 saturated heterocycles. The van der Waals surface area contributed by atoms with Crippen molar-refractivity contribution in [3.8, 4) is 0 Å². The lowest BCUT2D eigenvalue weighted by Crippen LogP contribution is -2.10. The highest BCUT2D eigenvalue weighted by atomic mass is 16.5. The average molecular weight is 378 g/mol. The number of ether oxygens (including phenoxy) is 1.